The number of amides is 2. The van der Waals surface area contributed by atoms with Crippen molar-refractivity contribution in [3.63, 3.8) is 0 Å². The van der Waals surface area contributed by atoms with Crippen LogP contribution in [0, 0.1) is 17.8 Å². The van der Waals surface area contributed by atoms with Gasteiger partial charge in [0.2, 0.25) is 11.8 Å². The van der Waals surface area contributed by atoms with Crippen molar-refractivity contribution in [2.24, 2.45) is 17.8 Å². The van der Waals surface area contributed by atoms with Gasteiger partial charge in [0.1, 0.15) is 0 Å². The predicted octanol–water partition coefficient (Wildman–Crippen LogP) is 2.46. The lowest BCUT2D eigenvalue weighted by Crippen LogP contribution is -2.60. The first kappa shape index (κ1) is 31.4. The number of nitrogens with one attached hydrogen (secondary N) is 2. The number of β-amino-alcohol motifs (C(OH)–C–C–N with tert-alkyl or cyclic N) is 1. The van der Waals surface area contributed by atoms with E-state index in [1.165, 1.54) is 12.8 Å². The first-order valence-corrected chi connectivity index (χ1v) is 17.5. The standard InChI is InChI=1S/C32H49N3O6S/c1-32(2,3)34-31(38)26-16-22-11-7-8-12-23(22)18-35(26)19-27(36)25(15-21-9-5-4-6-10-21)33-30(37)24-17-29-28(41-20-24)13-14-42(29,39)40/h4-6,9-10,22-29,36H,7-8,11-20H2,1-3H3,(H,33,37)(H,34,38)/t22-,23+,24?,25-,26-,27+,28-,29-/m0/s1. The van der Waals surface area contributed by atoms with E-state index < -0.39 is 33.2 Å². The van der Waals surface area contributed by atoms with Crippen LogP contribution in [0.4, 0.5) is 0 Å². The molecule has 4 fully saturated rings. The number of nitrogens with zero attached hydrogens (tertiary/aromatic N) is 1. The minimum Gasteiger partial charge on any atom is -0.390 e. The Hall–Kier alpha value is -2.01. The largest absolute Gasteiger partial charge is 0.390 e. The molecule has 0 radical (unpaired) electrons. The monoisotopic (exact) mass is 603 g/mol. The van der Waals surface area contributed by atoms with Gasteiger partial charge in [0.15, 0.2) is 9.84 Å². The van der Waals surface area contributed by atoms with Crippen LogP contribution in [0.5, 0.6) is 0 Å². The molecule has 3 N–H and O–H groups in total. The van der Waals surface area contributed by atoms with E-state index in [0.717, 1.165) is 31.4 Å². The van der Waals surface area contributed by atoms with Crippen LogP contribution in [0.3, 0.4) is 0 Å². The molecule has 0 spiro atoms. The zero-order valence-corrected chi connectivity index (χ0v) is 26.2. The molecule has 5 rings (SSSR count). The molecule has 0 aromatic heterocycles. The second-order valence-electron chi connectivity index (χ2n) is 14.1. The van der Waals surface area contributed by atoms with Gasteiger partial charge in [-0.05, 0) is 70.3 Å². The Morgan fingerprint density at radius 3 is 2.48 bits per heavy atom. The van der Waals surface area contributed by atoms with Crippen molar-refractivity contribution in [1.29, 1.82) is 0 Å². The molecule has 234 valence electrons. The fourth-order valence-corrected chi connectivity index (χ4v) is 9.62. The summed E-state index contributed by atoms with van der Waals surface area (Å²) in [4.78, 5) is 29.2. The first-order chi connectivity index (χ1) is 19.9. The number of likely N-dealkylation sites (tertiary alicyclic amines) is 1. The van der Waals surface area contributed by atoms with Crippen molar-refractivity contribution >= 4 is 21.7 Å². The van der Waals surface area contributed by atoms with E-state index in [2.05, 4.69) is 15.5 Å². The fraction of sp³-hybridized carbons (Fsp3) is 0.750. The number of benzene rings is 1. The SMILES string of the molecule is CC(C)(C)NC(=O)[C@@H]1C[C@@H]2CCCC[C@@H]2CN1C[C@@H](O)[C@H](Cc1ccccc1)NC(=O)C1CO[C@H]2CCS(=O)(=O)[C@H]2C1. The van der Waals surface area contributed by atoms with Crippen molar-refractivity contribution in [3.8, 4) is 0 Å². The molecule has 10 heteroatoms. The minimum atomic E-state index is -3.26. The van der Waals surface area contributed by atoms with Crippen molar-refractivity contribution in [3.05, 3.63) is 35.9 Å². The van der Waals surface area contributed by atoms with Gasteiger partial charge in [0.05, 0.1) is 47.8 Å². The summed E-state index contributed by atoms with van der Waals surface area (Å²) in [5.41, 5.74) is 0.621. The molecule has 3 heterocycles. The molecule has 1 aromatic rings. The Balaban J connectivity index is 1.32. The van der Waals surface area contributed by atoms with Crippen LogP contribution in [-0.2, 0) is 30.6 Å². The third-order valence-corrected chi connectivity index (χ3v) is 12.0. The normalized spacial score (nSPS) is 32.7. The summed E-state index contributed by atoms with van der Waals surface area (Å²) in [5, 5.41) is 17.3. The van der Waals surface area contributed by atoms with Gasteiger partial charge in [-0.3, -0.25) is 14.5 Å². The van der Waals surface area contributed by atoms with E-state index in [0.29, 0.717) is 24.7 Å². The highest BCUT2D eigenvalue weighted by Crippen LogP contribution is 2.39. The topological polar surface area (TPSA) is 125 Å². The van der Waals surface area contributed by atoms with Gasteiger partial charge >= 0.3 is 0 Å². The van der Waals surface area contributed by atoms with Gasteiger partial charge in [-0.25, -0.2) is 8.42 Å². The third-order valence-electron chi connectivity index (χ3n) is 9.78. The predicted molar refractivity (Wildman–Crippen MR) is 161 cm³/mol. The number of ether oxygens (including phenoxy) is 1. The molecule has 1 aliphatic carbocycles. The maximum Gasteiger partial charge on any atom is 0.237 e. The molecule has 9 nitrogen and oxygen atoms in total. The van der Waals surface area contributed by atoms with Gasteiger partial charge in [0, 0.05) is 18.6 Å². The number of piperidine rings is 1. The zero-order valence-electron chi connectivity index (χ0n) is 25.3. The lowest BCUT2D eigenvalue weighted by atomic mass is 9.72. The van der Waals surface area contributed by atoms with E-state index in [1.54, 1.807) is 0 Å². The van der Waals surface area contributed by atoms with Crippen LogP contribution < -0.4 is 10.6 Å². The minimum absolute atomic E-state index is 0.00551. The smallest absolute Gasteiger partial charge is 0.237 e. The molecule has 42 heavy (non-hydrogen) atoms. The average Bonchev–Trinajstić information content (AvgIpc) is 3.25. The molecular weight excluding hydrogens is 554 g/mol. The summed E-state index contributed by atoms with van der Waals surface area (Å²) in [6.07, 6.45) is 5.37. The molecule has 8 atom stereocenters. The van der Waals surface area contributed by atoms with Gasteiger partial charge in [-0.2, -0.15) is 0 Å². The highest BCUT2D eigenvalue weighted by molar-refractivity contribution is 7.92. The maximum absolute atomic E-state index is 13.5. The molecule has 0 bridgehead atoms. The summed E-state index contributed by atoms with van der Waals surface area (Å²) in [6.45, 7) is 7.15. The summed E-state index contributed by atoms with van der Waals surface area (Å²) in [7, 11) is -3.26. The van der Waals surface area contributed by atoms with E-state index in [-0.39, 0.29) is 54.8 Å². The molecule has 1 unspecified atom stereocenters. The van der Waals surface area contributed by atoms with Crippen molar-refractivity contribution in [1.82, 2.24) is 15.5 Å². The van der Waals surface area contributed by atoms with E-state index in [4.69, 9.17) is 4.74 Å². The summed E-state index contributed by atoms with van der Waals surface area (Å²) in [5.74, 6) is 0.246. The molecule has 3 aliphatic heterocycles. The number of fused-ring (bicyclic) bond motifs is 2. The van der Waals surface area contributed by atoms with Crippen molar-refractivity contribution in [2.45, 2.75) is 107 Å². The van der Waals surface area contributed by atoms with Crippen LogP contribution in [0.25, 0.3) is 0 Å². The molecule has 4 aliphatic rings. The Morgan fingerprint density at radius 2 is 1.76 bits per heavy atom. The molecule has 3 saturated heterocycles. The Bertz CT molecular complexity index is 1200. The Kier molecular flexibility index (Phi) is 9.67. The second-order valence-corrected chi connectivity index (χ2v) is 16.5. The summed E-state index contributed by atoms with van der Waals surface area (Å²) >= 11 is 0. The van der Waals surface area contributed by atoms with Crippen LogP contribution >= 0.6 is 0 Å². The molecular formula is C32H49N3O6S. The number of rotatable bonds is 8. The molecule has 1 aromatic carbocycles. The number of sulfone groups is 1. The van der Waals surface area contributed by atoms with Gasteiger partial charge in [-0.15, -0.1) is 0 Å². The maximum atomic E-state index is 13.5. The number of hydrogen-bond donors (Lipinski definition) is 3. The van der Waals surface area contributed by atoms with Crippen molar-refractivity contribution < 1.29 is 27.9 Å². The van der Waals surface area contributed by atoms with Crippen molar-refractivity contribution in [2.75, 3.05) is 25.4 Å². The highest BCUT2D eigenvalue weighted by atomic mass is 32.2. The second kappa shape index (κ2) is 12.9. The van der Waals surface area contributed by atoms with E-state index >= 15 is 0 Å². The average molecular weight is 604 g/mol. The van der Waals surface area contributed by atoms with Crippen LogP contribution in [-0.4, -0.2) is 90.8 Å². The first-order valence-electron chi connectivity index (χ1n) is 15.8. The van der Waals surface area contributed by atoms with E-state index in [9.17, 15) is 23.1 Å². The summed E-state index contributed by atoms with van der Waals surface area (Å²) in [6, 6.07) is 8.80. The zero-order chi connectivity index (χ0) is 30.1. The Labute approximate surface area is 251 Å². The van der Waals surface area contributed by atoms with Crippen LogP contribution in [0.15, 0.2) is 30.3 Å². The Morgan fingerprint density at radius 1 is 1.05 bits per heavy atom. The highest BCUT2D eigenvalue weighted by Gasteiger charge is 2.47. The number of aliphatic hydroxyl groups excluding tert-OH is 1. The van der Waals surface area contributed by atoms with E-state index in [1.807, 2.05) is 51.1 Å². The number of carbonyl (C=O) groups excluding carboxylic acids is 2. The number of hydrogen-bond acceptors (Lipinski definition) is 7. The molecule has 2 amide bonds. The van der Waals surface area contributed by atoms with Crippen LogP contribution in [0.1, 0.15) is 71.3 Å². The van der Waals surface area contributed by atoms with Gasteiger partial charge in [-0.1, -0.05) is 49.6 Å². The van der Waals surface area contributed by atoms with Crippen LogP contribution in [0.2, 0.25) is 0 Å². The fourth-order valence-electron chi connectivity index (χ4n) is 7.56. The lowest BCUT2D eigenvalue weighted by molar-refractivity contribution is -0.135. The number of aliphatic hydroxyl groups is 1. The van der Waals surface area contributed by atoms with Gasteiger partial charge < -0.3 is 20.5 Å². The lowest BCUT2D eigenvalue weighted by Gasteiger charge is -2.47. The quantitative estimate of drug-likeness (QED) is 0.417. The molecule has 1 saturated carbocycles. The summed E-state index contributed by atoms with van der Waals surface area (Å²) < 4.78 is 30.9. The van der Waals surface area contributed by atoms with Gasteiger partial charge in [0.25, 0.3) is 0 Å². The third kappa shape index (κ3) is 7.55. The number of carbonyl (C=O) groups is 2.